The van der Waals surface area contributed by atoms with Crippen LogP contribution in [-0.2, 0) is 14.9 Å². The molecule has 0 spiro atoms. The molecule has 0 saturated heterocycles. The SMILES string of the molecule is CC(=O)OCC(O)COc1ccc(C(C)(C)c2cc(Cl)c(OCC(O)CCl)c(Cl)c2)cc1. The molecule has 0 aliphatic rings. The van der Waals surface area contributed by atoms with Gasteiger partial charge in [0.1, 0.15) is 37.8 Å². The van der Waals surface area contributed by atoms with Crippen LogP contribution in [0.2, 0.25) is 10.0 Å². The second kappa shape index (κ2) is 12.0. The average molecular weight is 506 g/mol. The van der Waals surface area contributed by atoms with Crippen molar-refractivity contribution in [1.29, 1.82) is 0 Å². The Balaban J connectivity index is 2.10. The fraction of sp³-hybridized carbons (Fsp3) is 0.435. The molecule has 32 heavy (non-hydrogen) atoms. The second-order valence-corrected chi connectivity index (χ2v) is 8.93. The van der Waals surface area contributed by atoms with E-state index in [9.17, 15) is 15.0 Å². The van der Waals surface area contributed by atoms with Crippen LogP contribution in [0.15, 0.2) is 36.4 Å². The molecule has 2 unspecified atom stereocenters. The van der Waals surface area contributed by atoms with E-state index in [4.69, 9.17) is 49.0 Å². The lowest BCUT2D eigenvalue weighted by molar-refractivity contribution is -0.144. The van der Waals surface area contributed by atoms with E-state index >= 15 is 0 Å². The van der Waals surface area contributed by atoms with Gasteiger partial charge in [-0.25, -0.2) is 0 Å². The molecule has 0 bridgehead atoms. The number of aliphatic hydroxyl groups is 2. The third-order valence-corrected chi connectivity index (χ3v) is 5.73. The zero-order chi connectivity index (χ0) is 23.9. The fourth-order valence-electron chi connectivity index (χ4n) is 2.87. The molecule has 2 N–H and O–H groups in total. The van der Waals surface area contributed by atoms with Crippen LogP contribution in [0.5, 0.6) is 11.5 Å². The minimum Gasteiger partial charge on any atom is -0.491 e. The van der Waals surface area contributed by atoms with Gasteiger partial charge in [0.2, 0.25) is 0 Å². The standard InChI is InChI=1S/C23H27Cl3O6/c1-14(27)30-12-18(29)13-31-19-6-4-15(5-7-19)23(2,3)16-8-20(25)22(21(26)9-16)32-11-17(28)10-24/h4-9,17-18,28-29H,10-13H2,1-3H3. The zero-order valence-electron chi connectivity index (χ0n) is 18.1. The van der Waals surface area contributed by atoms with Crippen LogP contribution < -0.4 is 9.47 Å². The van der Waals surface area contributed by atoms with Gasteiger partial charge in [-0.15, -0.1) is 11.6 Å². The quantitative estimate of drug-likeness (QED) is 0.343. The van der Waals surface area contributed by atoms with Gasteiger partial charge >= 0.3 is 5.97 Å². The first-order valence-electron chi connectivity index (χ1n) is 9.95. The summed E-state index contributed by atoms with van der Waals surface area (Å²) in [6, 6.07) is 11.0. The first kappa shape index (κ1) is 26.6. The van der Waals surface area contributed by atoms with Gasteiger partial charge in [0.15, 0.2) is 5.75 Å². The molecule has 0 aliphatic heterocycles. The van der Waals surface area contributed by atoms with Crippen LogP contribution in [0.3, 0.4) is 0 Å². The number of rotatable bonds is 11. The van der Waals surface area contributed by atoms with Gasteiger partial charge in [-0.2, -0.15) is 0 Å². The van der Waals surface area contributed by atoms with Gasteiger partial charge in [-0.1, -0.05) is 49.2 Å². The first-order chi connectivity index (χ1) is 15.0. The van der Waals surface area contributed by atoms with Crippen molar-refractivity contribution in [3.05, 3.63) is 57.6 Å². The van der Waals surface area contributed by atoms with E-state index < -0.39 is 23.6 Å². The summed E-state index contributed by atoms with van der Waals surface area (Å²) in [5, 5.41) is 20.1. The van der Waals surface area contributed by atoms with Crippen LogP contribution in [0.4, 0.5) is 0 Å². The molecule has 2 aromatic carbocycles. The monoisotopic (exact) mass is 504 g/mol. The molecule has 0 radical (unpaired) electrons. The molecule has 0 aliphatic carbocycles. The molecule has 2 atom stereocenters. The van der Waals surface area contributed by atoms with Gasteiger partial charge in [-0.3, -0.25) is 4.79 Å². The van der Waals surface area contributed by atoms with Crippen LogP contribution >= 0.6 is 34.8 Å². The minimum absolute atomic E-state index is 0.00110. The maximum Gasteiger partial charge on any atom is 0.302 e. The topological polar surface area (TPSA) is 85.2 Å². The second-order valence-electron chi connectivity index (χ2n) is 7.80. The van der Waals surface area contributed by atoms with Crippen molar-refractivity contribution < 1.29 is 29.2 Å². The van der Waals surface area contributed by atoms with Crippen molar-refractivity contribution in [3.8, 4) is 11.5 Å². The number of esters is 1. The molecule has 0 heterocycles. The number of carbonyl (C=O) groups is 1. The van der Waals surface area contributed by atoms with Gasteiger partial charge in [0.25, 0.3) is 0 Å². The number of ether oxygens (including phenoxy) is 3. The third kappa shape index (κ3) is 7.42. The summed E-state index contributed by atoms with van der Waals surface area (Å²) in [6.45, 7) is 5.22. The molecule has 0 aromatic heterocycles. The summed E-state index contributed by atoms with van der Waals surface area (Å²) in [7, 11) is 0. The first-order valence-corrected chi connectivity index (χ1v) is 11.2. The number of hydrogen-bond donors (Lipinski definition) is 2. The van der Waals surface area contributed by atoms with Gasteiger partial charge in [0, 0.05) is 12.3 Å². The van der Waals surface area contributed by atoms with E-state index in [0.717, 1.165) is 11.1 Å². The Morgan fingerprint density at radius 1 is 0.938 bits per heavy atom. The molecule has 0 fully saturated rings. The molecular weight excluding hydrogens is 479 g/mol. The Labute approximate surface area is 203 Å². The average Bonchev–Trinajstić information content (AvgIpc) is 2.75. The van der Waals surface area contributed by atoms with Gasteiger partial charge in [-0.05, 0) is 35.4 Å². The number of carbonyl (C=O) groups excluding carboxylic acids is 1. The fourth-order valence-corrected chi connectivity index (χ4v) is 3.56. The maximum atomic E-state index is 10.8. The lowest BCUT2D eigenvalue weighted by Crippen LogP contribution is -2.24. The van der Waals surface area contributed by atoms with Crippen LogP contribution in [0, 0.1) is 0 Å². The number of benzene rings is 2. The third-order valence-electron chi connectivity index (χ3n) is 4.82. The molecule has 2 rings (SSSR count). The predicted octanol–water partition coefficient (Wildman–Crippen LogP) is 4.60. The van der Waals surface area contributed by atoms with Crippen molar-refractivity contribution in [2.75, 3.05) is 25.7 Å². The summed E-state index contributed by atoms with van der Waals surface area (Å²) in [6.07, 6.45) is -1.73. The van der Waals surface area contributed by atoms with Gasteiger partial charge in [0.05, 0.1) is 15.9 Å². The van der Waals surface area contributed by atoms with Crippen molar-refractivity contribution >= 4 is 40.8 Å². The summed E-state index contributed by atoms with van der Waals surface area (Å²) >= 11 is 18.4. The van der Waals surface area contributed by atoms with Crippen LogP contribution in [0.1, 0.15) is 31.9 Å². The number of hydrogen-bond acceptors (Lipinski definition) is 6. The minimum atomic E-state index is -0.911. The summed E-state index contributed by atoms with van der Waals surface area (Å²) in [5.41, 5.74) is 1.43. The zero-order valence-corrected chi connectivity index (χ0v) is 20.4. The largest absolute Gasteiger partial charge is 0.491 e. The number of alkyl halides is 1. The number of aliphatic hydroxyl groups excluding tert-OH is 2. The Morgan fingerprint density at radius 3 is 2.03 bits per heavy atom. The van der Waals surface area contributed by atoms with E-state index in [1.54, 1.807) is 24.3 Å². The Kier molecular flexibility index (Phi) is 9.92. The molecule has 9 heteroatoms. The highest BCUT2D eigenvalue weighted by Crippen LogP contribution is 2.40. The van der Waals surface area contributed by atoms with E-state index in [0.29, 0.717) is 21.5 Å². The van der Waals surface area contributed by atoms with E-state index in [2.05, 4.69) is 0 Å². The Hall–Kier alpha value is -1.70. The highest BCUT2D eigenvalue weighted by atomic mass is 35.5. The smallest absolute Gasteiger partial charge is 0.302 e. The Morgan fingerprint density at radius 2 is 1.50 bits per heavy atom. The van der Waals surface area contributed by atoms with Crippen molar-refractivity contribution in [2.24, 2.45) is 0 Å². The highest BCUT2D eigenvalue weighted by molar-refractivity contribution is 6.37. The van der Waals surface area contributed by atoms with Crippen molar-refractivity contribution in [1.82, 2.24) is 0 Å². The molecule has 0 amide bonds. The van der Waals surface area contributed by atoms with E-state index in [1.165, 1.54) is 6.92 Å². The lowest BCUT2D eigenvalue weighted by atomic mass is 9.78. The van der Waals surface area contributed by atoms with Crippen molar-refractivity contribution in [2.45, 2.75) is 38.4 Å². The lowest BCUT2D eigenvalue weighted by Gasteiger charge is -2.27. The summed E-state index contributed by atoms with van der Waals surface area (Å²) < 4.78 is 15.8. The normalized spacial score (nSPS) is 13.4. The van der Waals surface area contributed by atoms with Gasteiger partial charge < -0.3 is 24.4 Å². The van der Waals surface area contributed by atoms with Crippen LogP contribution in [0.25, 0.3) is 0 Å². The van der Waals surface area contributed by atoms with Crippen molar-refractivity contribution in [3.63, 3.8) is 0 Å². The molecule has 0 saturated carbocycles. The molecular formula is C23H27Cl3O6. The summed E-state index contributed by atoms with van der Waals surface area (Å²) in [4.78, 5) is 10.8. The molecule has 2 aromatic rings. The summed E-state index contributed by atoms with van der Waals surface area (Å²) in [5.74, 6) is 0.464. The van der Waals surface area contributed by atoms with E-state index in [1.807, 2.05) is 26.0 Å². The number of halogens is 3. The maximum absolute atomic E-state index is 10.8. The molecule has 6 nitrogen and oxygen atoms in total. The highest BCUT2D eigenvalue weighted by Gasteiger charge is 2.26. The predicted molar refractivity (Wildman–Crippen MR) is 125 cm³/mol. The van der Waals surface area contributed by atoms with Crippen LogP contribution in [-0.4, -0.2) is 54.1 Å². The van der Waals surface area contributed by atoms with E-state index in [-0.39, 0.29) is 25.7 Å². The Bertz CT molecular complexity index is 878. The molecule has 176 valence electrons.